The molecule has 0 saturated heterocycles. The number of nitrogens with one attached hydrogen (secondary N) is 1. The molecule has 1 atom stereocenters. The van der Waals surface area contributed by atoms with Crippen LogP contribution in [0.3, 0.4) is 0 Å². The maximum absolute atomic E-state index is 5.35. The first kappa shape index (κ1) is 14.3. The summed E-state index contributed by atoms with van der Waals surface area (Å²) >= 11 is 8.83. The molecule has 1 N–H and O–H groups in total. The molecule has 98 valence electrons. The van der Waals surface area contributed by atoms with E-state index in [1.165, 1.54) is 14.2 Å². The molecule has 1 unspecified atom stereocenters. The summed E-state index contributed by atoms with van der Waals surface area (Å²) in [6.45, 7) is 5.27. The summed E-state index contributed by atoms with van der Waals surface area (Å²) in [7, 11) is 0. The van der Waals surface area contributed by atoms with Gasteiger partial charge in [-0.05, 0) is 69.4 Å². The van der Waals surface area contributed by atoms with Crippen molar-refractivity contribution in [2.75, 3.05) is 6.54 Å². The number of rotatable bonds is 5. The third-order valence-corrected chi connectivity index (χ3v) is 5.56. The van der Waals surface area contributed by atoms with Gasteiger partial charge in [0.2, 0.25) is 0 Å². The van der Waals surface area contributed by atoms with Crippen molar-refractivity contribution >= 4 is 43.2 Å². The van der Waals surface area contributed by atoms with Crippen LogP contribution in [0.2, 0.25) is 0 Å². The van der Waals surface area contributed by atoms with Gasteiger partial charge >= 0.3 is 0 Å². The summed E-state index contributed by atoms with van der Waals surface area (Å²) in [5.74, 6) is 0. The number of halogens is 2. The van der Waals surface area contributed by atoms with Crippen molar-refractivity contribution in [1.82, 2.24) is 5.32 Å². The van der Waals surface area contributed by atoms with Crippen LogP contribution in [0.1, 0.15) is 35.4 Å². The highest BCUT2D eigenvalue weighted by molar-refractivity contribution is 9.11. The van der Waals surface area contributed by atoms with Gasteiger partial charge in [0.15, 0.2) is 4.67 Å². The Kier molecular flexibility index (Phi) is 5.06. The molecule has 0 spiro atoms. The maximum Gasteiger partial charge on any atom is 0.174 e. The molecule has 2 heterocycles. The highest BCUT2D eigenvalue weighted by atomic mass is 79.9. The van der Waals surface area contributed by atoms with E-state index in [4.69, 9.17) is 4.42 Å². The largest absolute Gasteiger partial charge is 0.457 e. The van der Waals surface area contributed by atoms with E-state index in [0.717, 1.165) is 23.2 Å². The molecule has 5 heteroatoms. The number of thiophene rings is 1. The van der Waals surface area contributed by atoms with E-state index >= 15 is 0 Å². The Balaban J connectivity index is 2.33. The van der Waals surface area contributed by atoms with E-state index in [1.807, 2.05) is 6.07 Å². The van der Waals surface area contributed by atoms with Crippen LogP contribution < -0.4 is 5.32 Å². The SMILES string of the molecule is CCCNC(c1cc(C)c(Br)s1)c1ccoc1Br. The van der Waals surface area contributed by atoms with Crippen LogP contribution in [0.5, 0.6) is 0 Å². The Morgan fingerprint density at radius 2 is 2.22 bits per heavy atom. The summed E-state index contributed by atoms with van der Waals surface area (Å²) < 4.78 is 7.35. The molecule has 0 aromatic carbocycles. The van der Waals surface area contributed by atoms with Gasteiger partial charge in [-0.2, -0.15) is 0 Å². The Labute approximate surface area is 128 Å². The Bertz CT molecular complexity index is 501. The fourth-order valence-electron chi connectivity index (χ4n) is 1.79. The fourth-order valence-corrected chi connectivity index (χ4v) is 3.92. The van der Waals surface area contributed by atoms with Gasteiger partial charge in [-0.3, -0.25) is 0 Å². The molecule has 0 amide bonds. The van der Waals surface area contributed by atoms with Crippen molar-refractivity contribution < 1.29 is 4.42 Å². The second-order valence-corrected chi connectivity index (χ2v) is 7.26. The fraction of sp³-hybridized carbons (Fsp3) is 0.385. The molecule has 0 fully saturated rings. The molecule has 0 aliphatic carbocycles. The molecule has 2 aromatic rings. The first-order valence-corrected chi connectivity index (χ1v) is 8.25. The molecular formula is C13H15Br2NOS. The lowest BCUT2D eigenvalue weighted by molar-refractivity contribution is 0.525. The molecule has 18 heavy (non-hydrogen) atoms. The van der Waals surface area contributed by atoms with Gasteiger partial charge in [0.25, 0.3) is 0 Å². The maximum atomic E-state index is 5.35. The van der Waals surface area contributed by atoms with Gasteiger partial charge in [-0.25, -0.2) is 0 Å². The third kappa shape index (κ3) is 3.07. The predicted octanol–water partition coefficient (Wildman–Crippen LogP) is 5.26. The van der Waals surface area contributed by atoms with Crippen molar-refractivity contribution in [2.45, 2.75) is 26.3 Å². The van der Waals surface area contributed by atoms with Crippen LogP contribution in [-0.2, 0) is 0 Å². The summed E-state index contributed by atoms with van der Waals surface area (Å²) in [5, 5.41) is 3.57. The summed E-state index contributed by atoms with van der Waals surface area (Å²) in [5.41, 5.74) is 2.43. The predicted molar refractivity (Wildman–Crippen MR) is 83.3 cm³/mol. The smallest absolute Gasteiger partial charge is 0.174 e. The molecule has 0 radical (unpaired) electrons. The Morgan fingerprint density at radius 3 is 2.72 bits per heavy atom. The Morgan fingerprint density at radius 1 is 1.44 bits per heavy atom. The van der Waals surface area contributed by atoms with Crippen molar-refractivity contribution in [3.8, 4) is 0 Å². The molecule has 0 bridgehead atoms. The zero-order valence-corrected chi connectivity index (χ0v) is 14.3. The second-order valence-electron chi connectivity index (χ2n) is 4.14. The first-order valence-electron chi connectivity index (χ1n) is 5.85. The average Bonchev–Trinajstić information content (AvgIpc) is 2.88. The minimum Gasteiger partial charge on any atom is -0.457 e. The summed E-state index contributed by atoms with van der Waals surface area (Å²) in [4.78, 5) is 1.30. The molecule has 2 rings (SSSR count). The average molecular weight is 393 g/mol. The highest BCUT2D eigenvalue weighted by Crippen LogP contribution is 2.37. The van der Waals surface area contributed by atoms with E-state index < -0.39 is 0 Å². The van der Waals surface area contributed by atoms with Gasteiger partial charge in [0, 0.05) is 10.4 Å². The summed E-state index contributed by atoms with van der Waals surface area (Å²) in [6.07, 6.45) is 2.83. The molecule has 0 aliphatic rings. The topological polar surface area (TPSA) is 25.2 Å². The van der Waals surface area contributed by atoms with Gasteiger partial charge in [0.05, 0.1) is 16.1 Å². The molecule has 2 nitrogen and oxygen atoms in total. The lowest BCUT2D eigenvalue weighted by Crippen LogP contribution is -2.22. The van der Waals surface area contributed by atoms with E-state index in [0.29, 0.717) is 0 Å². The van der Waals surface area contributed by atoms with Crippen molar-refractivity contribution in [1.29, 1.82) is 0 Å². The van der Waals surface area contributed by atoms with E-state index in [-0.39, 0.29) is 6.04 Å². The standard InChI is InChI=1S/C13H15Br2NOS/c1-3-5-16-11(9-4-6-17-12(9)14)10-7-8(2)13(15)18-10/h4,6-7,11,16H,3,5H2,1-2H3. The van der Waals surface area contributed by atoms with Crippen molar-refractivity contribution in [3.05, 3.63) is 42.9 Å². The van der Waals surface area contributed by atoms with Crippen LogP contribution in [0.4, 0.5) is 0 Å². The quantitative estimate of drug-likeness (QED) is 0.750. The van der Waals surface area contributed by atoms with Crippen LogP contribution in [0, 0.1) is 6.92 Å². The number of furan rings is 1. The zero-order chi connectivity index (χ0) is 13.1. The van der Waals surface area contributed by atoms with Gasteiger partial charge < -0.3 is 9.73 Å². The van der Waals surface area contributed by atoms with E-state index in [1.54, 1.807) is 17.6 Å². The van der Waals surface area contributed by atoms with E-state index in [2.05, 4.69) is 57.1 Å². The second kappa shape index (κ2) is 6.37. The minimum absolute atomic E-state index is 0.188. The lowest BCUT2D eigenvalue weighted by atomic mass is 10.1. The normalized spacial score (nSPS) is 12.9. The monoisotopic (exact) mass is 391 g/mol. The van der Waals surface area contributed by atoms with Crippen LogP contribution in [0.25, 0.3) is 0 Å². The van der Waals surface area contributed by atoms with E-state index in [9.17, 15) is 0 Å². The minimum atomic E-state index is 0.188. The van der Waals surface area contributed by atoms with Gasteiger partial charge in [0.1, 0.15) is 0 Å². The number of hydrogen-bond donors (Lipinski definition) is 1. The number of hydrogen-bond acceptors (Lipinski definition) is 3. The third-order valence-electron chi connectivity index (χ3n) is 2.72. The molecule has 0 saturated carbocycles. The number of aryl methyl sites for hydroxylation is 1. The molecule has 2 aromatic heterocycles. The van der Waals surface area contributed by atoms with Crippen LogP contribution in [0.15, 0.2) is 31.3 Å². The first-order chi connectivity index (χ1) is 8.63. The molecule has 0 aliphatic heterocycles. The van der Waals surface area contributed by atoms with Crippen LogP contribution >= 0.6 is 43.2 Å². The van der Waals surface area contributed by atoms with Crippen LogP contribution in [-0.4, -0.2) is 6.54 Å². The summed E-state index contributed by atoms with van der Waals surface area (Å²) in [6, 6.07) is 4.43. The van der Waals surface area contributed by atoms with Crippen molar-refractivity contribution in [3.63, 3.8) is 0 Å². The molecular weight excluding hydrogens is 378 g/mol. The van der Waals surface area contributed by atoms with Crippen molar-refractivity contribution in [2.24, 2.45) is 0 Å². The van der Waals surface area contributed by atoms with Gasteiger partial charge in [-0.1, -0.05) is 6.92 Å². The Hall–Kier alpha value is -0.100. The van der Waals surface area contributed by atoms with Gasteiger partial charge in [-0.15, -0.1) is 11.3 Å². The highest BCUT2D eigenvalue weighted by Gasteiger charge is 2.20. The zero-order valence-electron chi connectivity index (χ0n) is 10.3. The lowest BCUT2D eigenvalue weighted by Gasteiger charge is -2.16.